The smallest absolute Gasteiger partial charge is 0.269 e. The summed E-state index contributed by atoms with van der Waals surface area (Å²) in [5.74, 6) is 1.15. The van der Waals surface area contributed by atoms with Crippen LogP contribution in [0, 0.1) is 10.1 Å². The topological polar surface area (TPSA) is 98.5 Å². The van der Waals surface area contributed by atoms with Crippen molar-refractivity contribution in [3.8, 4) is 11.5 Å². The van der Waals surface area contributed by atoms with Crippen LogP contribution >= 0.6 is 0 Å². The Morgan fingerprint density at radius 1 is 0.808 bits per heavy atom. The first-order chi connectivity index (χ1) is 12.4. The lowest BCUT2D eigenvalue weighted by atomic mass is 10.3. The molecule has 3 aromatic rings. The zero-order valence-electron chi connectivity index (χ0n) is 13.4. The number of nitro groups is 1. The van der Waals surface area contributed by atoms with Gasteiger partial charge in [0, 0.05) is 17.8 Å². The molecule has 0 heterocycles. The van der Waals surface area contributed by atoms with Gasteiger partial charge in [-0.1, -0.05) is 18.2 Å². The van der Waals surface area contributed by atoms with Gasteiger partial charge in [0.2, 0.25) is 0 Å². The van der Waals surface area contributed by atoms with Gasteiger partial charge in [0.05, 0.1) is 9.82 Å². The molecule has 0 bridgehead atoms. The van der Waals surface area contributed by atoms with Crippen molar-refractivity contribution in [3.63, 3.8) is 0 Å². The second kappa shape index (κ2) is 7.24. The highest BCUT2D eigenvalue weighted by molar-refractivity contribution is 7.92. The molecule has 0 fully saturated rings. The van der Waals surface area contributed by atoms with Gasteiger partial charge < -0.3 is 4.74 Å². The Morgan fingerprint density at radius 2 is 1.38 bits per heavy atom. The van der Waals surface area contributed by atoms with Crippen LogP contribution in [-0.2, 0) is 10.0 Å². The molecule has 0 aliphatic carbocycles. The molecule has 26 heavy (non-hydrogen) atoms. The van der Waals surface area contributed by atoms with Gasteiger partial charge >= 0.3 is 0 Å². The molecule has 0 radical (unpaired) electrons. The van der Waals surface area contributed by atoms with E-state index in [-0.39, 0.29) is 16.3 Å². The Labute approximate surface area is 150 Å². The van der Waals surface area contributed by atoms with Crippen LogP contribution in [0.5, 0.6) is 11.5 Å². The monoisotopic (exact) mass is 370 g/mol. The molecule has 8 heteroatoms. The second-order valence-electron chi connectivity index (χ2n) is 5.30. The molecule has 1 N–H and O–H groups in total. The first-order valence-electron chi connectivity index (χ1n) is 7.54. The molecule has 3 rings (SSSR count). The van der Waals surface area contributed by atoms with Crippen molar-refractivity contribution >= 4 is 21.4 Å². The minimum absolute atomic E-state index is 0.0521. The van der Waals surface area contributed by atoms with Gasteiger partial charge in [0.25, 0.3) is 15.7 Å². The highest BCUT2D eigenvalue weighted by atomic mass is 32.2. The molecule has 0 saturated heterocycles. The van der Waals surface area contributed by atoms with Crippen LogP contribution < -0.4 is 9.46 Å². The third-order valence-corrected chi connectivity index (χ3v) is 4.84. The zero-order chi connectivity index (χ0) is 18.6. The molecule has 0 aromatic heterocycles. The van der Waals surface area contributed by atoms with Crippen molar-refractivity contribution in [2.75, 3.05) is 4.72 Å². The molecule has 0 saturated carbocycles. The van der Waals surface area contributed by atoms with Crippen LogP contribution in [0.4, 0.5) is 11.4 Å². The lowest BCUT2D eigenvalue weighted by Gasteiger charge is -2.09. The molecule has 0 aliphatic heterocycles. The predicted octanol–water partition coefficient (Wildman–Crippen LogP) is 4.19. The number of hydrogen-bond acceptors (Lipinski definition) is 5. The summed E-state index contributed by atoms with van der Waals surface area (Å²) in [6.45, 7) is 0. The highest BCUT2D eigenvalue weighted by Gasteiger charge is 2.15. The van der Waals surface area contributed by atoms with E-state index in [0.717, 1.165) is 0 Å². The highest BCUT2D eigenvalue weighted by Crippen LogP contribution is 2.24. The summed E-state index contributed by atoms with van der Waals surface area (Å²) in [6, 6.07) is 20.2. The van der Waals surface area contributed by atoms with Gasteiger partial charge in [-0.3, -0.25) is 14.8 Å². The molecule has 0 unspecified atom stereocenters. The standard InChI is InChI=1S/C18H14N2O5S/c21-20(22)15-8-6-14(7-9-15)19-26(23,24)18-12-10-17(11-13-18)25-16-4-2-1-3-5-16/h1-13,19H. The van der Waals surface area contributed by atoms with E-state index in [1.54, 1.807) is 24.3 Å². The Hall–Kier alpha value is -3.39. The van der Waals surface area contributed by atoms with Crippen molar-refractivity contribution in [1.29, 1.82) is 0 Å². The van der Waals surface area contributed by atoms with Gasteiger partial charge in [-0.05, 0) is 48.5 Å². The lowest BCUT2D eigenvalue weighted by molar-refractivity contribution is -0.384. The third-order valence-electron chi connectivity index (χ3n) is 3.44. The molecule has 0 spiro atoms. The predicted molar refractivity (Wildman–Crippen MR) is 96.9 cm³/mol. The first kappa shape index (κ1) is 17.4. The number of non-ortho nitro benzene ring substituents is 1. The Bertz CT molecular complexity index is 1000. The van der Waals surface area contributed by atoms with Crippen LogP contribution in [-0.4, -0.2) is 13.3 Å². The SMILES string of the molecule is O=[N+]([O-])c1ccc(NS(=O)(=O)c2ccc(Oc3ccccc3)cc2)cc1. The fourth-order valence-corrected chi connectivity index (χ4v) is 3.24. The molecular weight excluding hydrogens is 356 g/mol. The normalized spacial score (nSPS) is 10.9. The summed E-state index contributed by atoms with van der Waals surface area (Å²) < 4.78 is 32.8. The van der Waals surface area contributed by atoms with Crippen molar-refractivity contribution in [2.45, 2.75) is 4.90 Å². The number of hydrogen-bond donors (Lipinski definition) is 1. The number of rotatable bonds is 6. The lowest BCUT2D eigenvalue weighted by Crippen LogP contribution is -2.12. The second-order valence-corrected chi connectivity index (χ2v) is 6.98. The molecule has 3 aromatic carbocycles. The summed E-state index contributed by atoms with van der Waals surface area (Å²) in [5.41, 5.74) is 0.121. The summed E-state index contributed by atoms with van der Waals surface area (Å²) in [5, 5.41) is 10.6. The van der Waals surface area contributed by atoms with Crippen molar-refractivity contribution in [1.82, 2.24) is 0 Å². The van der Waals surface area contributed by atoms with Crippen molar-refractivity contribution in [2.24, 2.45) is 0 Å². The average Bonchev–Trinajstić information content (AvgIpc) is 2.63. The minimum Gasteiger partial charge on any atom is -0.457 e. The van der Waals surface area contributed by atoms with Crippen molar-refractivity contribution in [3.05, 3.63) is 89.0 Å². The Balaban J connectivity index is 1.73. The quantitative estimate of drug-likeness (QED) is 0.518. The maximum absolute atomic E-state index is 12.4. The third kappa shape index (κ3) is 4.17. The van der Waals surface area contributed by atoms with Gasteiger partial charge in [0.1, 0.15) is 11.5 Å². The van der Waals surface area contributed by atoms with Gasteiger partial charge in [-0.2, -0.15) is 0 Å². The maximum atomic E-state index is 12.4. The molecule has 0 atom stereocenters. The maximum Gasteiger partial charge on any atom is 0.269 e. The van der Waals surface area contributed by atoms with Gasteiger partial charge in [-0.25, -0.2) is 8.42 Å². The van der Waals surface area contributed by atoms with Gasteiger partial charge in [-0.15, -0.1) is 0 Å². The van der Waals surface area contributed by atoms with Crippen LogP contribution in [0.1, 0.15) is 0 Å². The molecule has 0 aliphatic rings. The summed E-state index contributed by atoms with van der Waals surface area (Å²) in [6.07, 6.45) is 0. The van der Waals surface area contributed by atoms with E-state index in [9.17, 15) is 18.5 Å². The first-order valence-corrected chi connectivity index (χ1v) is 9.03. The van der Waals surface area contributed by atoms with E-state index in [1.165, 1.54) is 36.4 Å². The van der Waals surface area contributed by atoms with Gasteiger partial charge in [0.15, 0.2) is 0 Å². The average molecular weight is 370 g/mol. The summed E-state index contributed by atoms with van der Waals surface area (Å²) >= 11 is 0. The van der Waals surface area contributed by atoms with Crippen LogP contribution in [0.25, 0.3) is 0 Å². The number of para-hydroxylation sites is 1. The van der Waals surface area contributed by atoms with E-state index in [0.29, 0.717) is 11.5 Å². The van der Waals surface area contributed by atoms with E-state index in [2.05, 4.69) is 4.72 Å². The largest absolute Gasteiger partial charge is 0.457 e. The van der Waals surface area contributed by atoms with Crippen LogP contribution in [0.15, 0.2) is 83.8 Å². The fourth-order valence-electron chi connectivity index (χ4n) is 2.18. The fraction of sp³-hybridized carbons (Fsp3) is 0. The molecule has 132 valence electrons. The number of benzene rings is 3. The Morgan fingerprint density at radius 3 is 1.96 bits per heavy atom. The minimum atomic E-state index is -3.81. The van der Waals surface area contributed by atoms with Crippen LogP contribution in [0.3, 0.4) is 0 Å². The zero-order valence-corrected chi connectivity index (χ0v) is 14.2. The van der Waals surface area contributed by atoms with Crippen LogP contribution in [0.2, 0.25) is 0 Å². The number of nitrogens with zero attached hydrogens (tertiary/aromatic N) is 1. The van der Waals surface area contributed by atoms with E-state index in [4.69, 9.17) is 4.74 Å². The van der Waals surface area contributed by atoms with E-state index >= 15 is 0 Å². The number of sulfonamides is 1. The summed E-state index contributed by atoms with van der Waals surface area (Å²) in [4.78, 5) is 10.1. The molecule has 0 amide bonds. The number of ether oxygens (including phenoxy) is 1. The van der Waals surface area contributed by atoms with Crippen molar-refractivity contribution < 1.29 is 18.1 Å². The van der Waals surface area contributed by atoms with E-state index < -0.39 is 14.9 Å². The summed E-state index contributed by atoms with van der Waals surface area (Å²) in [7, 11) is -3.81. The number of nitrogens with one attached hydrogen (secondary N) is 1. The Kier molecular flexibility index (Phi) is 4.85. The molecular formula is C18H14N2O5S. The number of anilines is 1. The molecule has 7 nitrogen and oxygen atoms in total. The van der Waals surface area contributed by atoms with E-state index in [1.807, 2.05) is 18.2 Å². The number of nitro benzene ring substituents is 1.